The van der Waals surface area contributed by atoms with Gasteiger partial charge in [0, 0.05) is 11.1 Å². The molecule has 4 rings (SSSR count). The van der Waals surface area contributed by atoms with Crippen LogP contribution < -0.4 is 10.0 Å². The van der Waals surface area contributed by atoms with Crippen molar-refractivity contribution in [2.45, 2.75) is 11.1 Å². The lowest BCUT2D eigenvalue weighted by molar-refractivity contribution is 0.256. The van der Waals surface area contributed by atoms with Crippen LogP contribution in [-0.4, -0.2) is 19.4 Å². The number of anilines is 1. The molecule has 2 N–H and O–H groups in total. The molecule has 0 aliphatic rings. The standard InChI is InChI=1S/C23H17N3O3S3/c1-16-24-21(18-10-6-3-7-11-18)22(30-16)25-23(27)26-32(28,29)20-15-14-19(31-20)13-12-17-8-4-2-5-9-17/h2-11,14-15H,1H3,(H2,25,26,27). The van der Waals surface area contributed by atoms with Gasteiger partial charge in [0.05, 0.1) is 9.88 Å². The third-order valence-electron chi connectivity index (χ3n) is 4.19. The first-order valence-electron chi connectivity index (χ1n) is 9.44. The van der Waals surface area contributed by atoms with Gasteiger partial charge in [-0.3, -0.25) is 5.32 Å². The predicted molar refractivity (Wildman–Crippen MR) is 128 cm³/mol. The van der Waals surface area contributed by atoms with Crippen molar-refractivity contribution in [3.63, 3.8) is 0 Å². The molecule has 0 aliphatic carbocycles. The normalized spacial score (nSPS) is 10.8. The van der Waals surface area contributed by atoms with Crippen molar-refractivity contribution in [3.05, 3.63) is 88.2 Å². The van der Waals surface area contributed by atoms with Crippen molar-refractivity contribution < 1.29 is 13.2 Å². The molecule has 2 aromatic heterocycles. The Kier molecular flexibility index (Phi) is 6.37. The SMILES string of the molecule is Cc1nc(-c2ccccc2)c(NC(=O)NS(=O)(=O)c2ccc(C#Cc3ccccc3)s2)s1. The maximum atomic E-state index is 12.7. The Hall–Kier alpha value is -3.45. The van der Waals surface area contributed by atoms with Gasteiger partial charge < -0.3 is 0 Å². The number of benzene rings is 2. The minimum atomic E-state index is -4.04. The molecule has 2 amide bonds. The fourth-order valence-corrected chi connectivity index (χ4v) is 5.69. The molecule has 160 valence electrons. The molecule has 2 heterocycles. The van der Waals surface area contributed by atoms with Crippen molar-refractivity contribution in [2.75, 3.05) is 5.32 Å². The number of rotatable bonds is 4. The van der Waals surface area contributed by atoms with E-state index >= 15 is 0 Å². The van der Waals surface area contributed by atoms with E-state index in [9.17, 15) is 13.2 Å². The van der Waals surface area contributed by atoms with E-state index in [-0.39, 0.29) is 4.21 Å². The van der Waals surface area contributed by atoms with Crippen LogP contribution in [0.15, 0.2) is 77.0 Å². The number of thiazole rings is 1. The van der Waals surface area contributed by atoms with Crippen LogP contribution in [0.4, 0.5) is 9.80 Å². The minimum absolute atomic E-state index is 0.00813. The Morgan fingerprint density at radius 2 is 1.59 bits per heavy atom. The molecule has 2 aromatic carbocycles. The number of aromatic nitrogens is 1. The molecule has 4 aromatic rings. The highest BCUT2D eigenvalue weighted by atomic mass is 32.2. The van der Waals surface area contributed by atoms with Gasteiger partial charge in [0.25, 0.3) is 10.0 Å². The number of hydrogen-bond acceptors (Lipinski definition) is 6. The highest BCUT2D eigenvalue weighted by molar-refractivity contribution is 7.92. The van der Waals surface area contributed by atoms with Gasteiger partial charge in [-0.2, -0.15) is 0 Å². The Morgan fingerprint density at radius 1 is 0.906 bits per heavy atom. The summed E-state index contributed by atoms with van der Waals surface area (Å²) in [4.78, 5) is 17.5. The summed E-state index contributed by atoms with van der Waals surface area (Å²) in [5.74, 6) is 5.93. The Bertz CT molecular complexity index is 1410. The average molecular weight is 480 g/mol. The molecule has 6 nitrogen and oxygen atoms in total. The lowest BCUT2D eigenvalue weighted by Crippen LogP contribution is -2.33. The van der Waals surface area contributed by atoms with E-state index < -0.39 is 16.1 Å². The largest absolute Gasteiger partial charge is 0.333 e. The number of amides is 2. The van der Waals surface area contributed by atoms with Gasteiger partial charge in [-0.25, -0.2) is 22.9 Å². The molecule has 0 aliphatic heterocycles. The molecule has 0 saturated heterocycles. The molecule has 32 heavy (non-hydrogen) atoms. The second kappa shape index (κ2) is 9.36. The predicted octanol–water partition coefficient (Wildman–Crippen LogP) is 5.09. The number of hydrogen-bond donors (Lipinski definition) is 2. The van der Waals surface area contributed by atoms with Crippen LogP contribution in [0, 0.1) is 18.8 Å². The number of carbonyl (C=O) groups is 1. The van der Waals surface area contributed by atoms with Gasteiger partial charge in [-0.1, -0.05) is 60.4 Å². The lowest BCUT2D eigenvalue weighted by Gasteiger charge is -2.07. The smallest absolute Gasteiger partial charge is 0.297 e. The van der Waals surface area contributed by atoms with E-state index in [1.54, 1.807) is 6.07 Å². The summed E-state index contributed by atoms with van der Waals surface area (Å²) in [6.07, 6.45) is 0. The molecule has 0 unspecified atom stereocenters. The van der Waals surface area contributed by atoms with E-state index in [4.69, 9.17) is 0 Å². The Balaban J connectivity index is 1.48. The van der Waals surface area contributed by atoms with Crippen LogP contribution in [0.5, 0.6) is 0 Å². The molecule has 0 atom stereocenters. The molecule has 0 saturated carbocycles. The highest BCUT2D eigenvalue weighted by Crippen LogP contribution is 2.32. The quantitative estimate of drug-likeness (QED) is 0.399. The first-order valence-corrected chi connectivity index (χ1v) is 12.6. The van der Waals surface area contributed by atoms with E-state index in [2.05, 4.69) is 26.9 Å². The van der Waals surface area contributed by atoms with Gasteiger partial charge in [-0.15, -0.1) is 22.7 Å². The Morgan fingerprint density at radius 3 is 2.31 bits per heavy atom. The molecule has 0 bridgehead atoms. The van der Waals surface area contributed by atoms with E-state index in [0.29, 0.717) is 15.6 Å². The summed E-state index contributed by atoms with van der Waals surface area (Å²) in [6, 6.07) is 21.0. The fourth-order valence-electron chi connectivity index (χ4n) is 2.79. The van der Waals surface area contributed by atoms with E-state index in [0.717, 1.165) is 27.5 Å². The molecular formula is C23H17N3O3S3. The number of urea groups is 1. The van der Waals surface area contributed by atoms with Gasteiger partial charge >= 0.3 is 6.03 Å². The minimum Gasteiger partial charge on any atom is -0.297 e. The van der Waals surface area contributed by atoms with E-state index in [1.165, 1.54) is 17.4 Å². The molecule has 0 spiro atoms. The number of nitrogens with zero attached hydrogens (tertiary/aromatic N) is 1. The van der Waals surface area contributed by atoms with Crippen molar-refractivity contribution in [3.8, 4) is 23.1 Å². The lowest BCUT2D eigenvalue weighted by atomic mass is 10.2. The van der Waals surface area contributed by atoms with Crippen molar-refractivity contribution in [1.29, 1.82) is 0 Å². The van der Waals surface area contributed by atoms with Crippen LogP contribution in [0.25, 0.3) is 11.3 Å². The van der Waals surface area contributed by atoms with Crippen LogP contribution in [0.3, 0.4) is 0 Å². The van der Waals surface area contributed by atoms with Crippen LogP contribution in [0.2, 0.25) is 0 Å². The molecule has 9 heteroatoms. The van der Waals surface area contributed by atoms with Crippen LogP contribution in [-0.2, 0) is 10.0 Å². The van der Waals surface area contributed by atoms with E-state index in [1.807, 2.05) is 67.6 Å². The Labute approximate surface area is 194 Å². The number of carbonyl (C=O) groups excluding carboxylic acids is 1. The van der Waals surface area contributed by atoms with Gasteiger partial charge in [0.1, 0.15) is 14.9 Å². The van der Waals surface area contributed by atoms with Crippen molar-refractivity contribution in [2.24, 2.45) is 0 Å². The maximum Gasteiger partial charge on any atom is 0.333 e. The summed E-state index contributed by atoms with van der Waals surface area (Å²) < 4.78 is 27.4. The second-order valence-electron chi connectivity index (χ2n) is 6.57. The summed E-state index contributed by atoms with van der Waals surface area (Å²) >= 11 is 2.27. The third-order valence-corrected chi connectivity index (χ3v) is 7.90. The van der Waals surface area contributed by atoms with Gasteiger partial charge in [0.2, 0.25) is 0 Å². The number of thiophene rings is 1. The average Bonchev–Trinajstić information content (AvgIpc) is 3.40. The monoisotopic (exact) mass is 479 g/mol. The molecular weight excluding hydrogens is 462 g/mol. The number of nitrogens with one attached hydrogen (secondary N) is 2. The van der Waals surface area contributed by atoms with Crippen molar-refractivity contribution >= 4 is 43.7 Å². The fraction of sp³-hybridized carbons (Fsp3) is 0.0435. The zero-order valence-corrected chi connectivity index (χ0v) is 19.3. The third kappa shape index (κ3) is 5.23. The molecule has 0 radical (unpaired) electrons. The van der Waals surface area contributed by atoms with Crippen LogP contribution >= 0.6 is 22.7 Å². The second-order valence-corrected chi connectivity index (χ2v) is 10.8. The molecule has 0 fully saturated rings. The zero-order valence-electron chi connectivity index (χ0n) is 16.8. The van der Waals surface area contributed by atoms with Gasteiger partial charge in [0.15, 0.2) is 0 Å². The first-order chi connectivity index (χ1) is 15.4. The summed E-state index contributed by atoms with van der Waals surface area (Å²) in [5.41, 5.74) is 2.25. The van der Waals surface area contributed by atoms with Crippen molar-refractivity contribution in [1.82, 2.24) is 9.71 Å². The summed E-state index contributed by atoms with van der Waals surface area (Å²) in [7, 11) is -4.04. The topological polar surface area (TPSA) is 88.2 Å². The number of sulfonamides is 1. The van der Waals surface area contributed by atoms with Gasteiger partial charge in [-0.05, 0) is 31.2 Å². The highest BCUT2D eigenvalue weighted by Gasteiger charge is 2.21. The first kappa shape index (κ1) is 21.8. The summed E-state index contributed by atoms with van der Waals surface area (Å²) in [5, 5.41) is 3.84. The zero-order chi connectivity index (χ0) is 22.6. The summed E-state index contributed by atoms with van der Waals surface area (Å²) in [6.45, 7) is 1.82. The van der Waals surface area contributed by atoms with Crippen LogP contribution in [0.1, 0.15) is 15.4 Å². The number of aryl methyl sites for hydroxylation is 1. The maximum absolute atomic E-state index is 12.7.